The lowest BCUT2D eigenvalue weighted by Gasteiger charge is -2.09. The molecule has 0 saturated heterocycles. The van der Waals surface area contributed by atoms with E-state index in [4.69, 9.17) is 10.5 Å². The van der Waals surface area contributed by atoms with Crippen molar-refractivity contribution in [3.63, 3.8) is 0 Å². The molecule has 0 bridgehead atoms. The molecule has 12 heavy (non-hydrogen) atoms. The average Bonchev–Trinajstić information content (AvgIpc) is 2.06. The van der Waals surface area contributed by atoms with E-state index < -0.39 is 0 Å². The van der Waals surface area contributed by atoms with Crippen molar-refractivity contribution in [3.8, 4) is 11.5 Å². The van der Waals surface area contributed by atoms with Gasteiger partial charge in [0.1, 0.15) is 0 Å². The van der Waals surface area contributed by atoms with Crippen LogP contribution in [0.25, 0.3) is 0 Å². The molecule has 3 nitrogen and oxygen atoms in total. The summed E-state index contributed by atoms with van der Waals surface area (Å²) in [4.78, 5) is 0. The molecule has 0 fully saturated rings. The quantitative estimate of drug-likeness (QED) is 0.695. The monoisotopic (exact) mass is 167 g/mol. The highest BCUT2D eigenvalue weighted by Gasteiger charge is 2.08. The Morgan fingerprint density at radius 3 is 2.67 bits per heavy atom. The van der Waals surface area contributed by atoms with Gasteiger partial charge in [-0.15, -0.1) is 0 Å². The molecular weight excluding hydrogens is 154 g/mol. The summed E-state index contributed by atoms with van der Waals surface area (Å²) < 4.78 is 4.94. The summed E-state index contributed by atoms with van der Waals surface area (Å²) in [6.45, 7) is 2.23. The fraction of sp³-hybridized carbons (Fsp3) is 0.333. The van der Waals surface area contributed by atoms with E-state index in [1.165, 1.54) is 7.11 Å². The van der Waals surface area contributed by atoms with Crippen LogP contribution in [0.15, 0.2) is 12.1 Å². The van der Waals surface area contributed by atoms with Gasteiger partial charge in [-0.1, -0.05) is 6.07 Å². The zero-order valence-electron chi connectivity index (χ0n) is 7.29. The maximum absolute atomic E-state index is 9.56. The number of phenols is 1. The second-order valence-electron chi connectivity index (χ2n) is 2.62. The Labute approximate surface area is 71.8 Å². The summed E-state index contributed by atoms with van der Waals surface area (Å²) in [5.74, 6) is 0.626. The molecule has 3 N–H and O–H groups in total. The van der Waals surface area contributed by atoms with E-state index in [1.807, 2.05) is 13.0 Å². The molecule has 0 aliphatic carbocycles. The molecule has 1 aromatic carbocycles. The van der Waals surface area contributed by atoms with Gasteiger partial charge in [-0.3, -0.25) is 0 Å². The number of methoxy groups -OCH3 is 1. The van der Waals surface area contributed by atoms with Crippen molar-refractivity contribution in [2.75, 3.05) is 7.11 Å². The first-order chi connectivity index (χ1) is 5.70. The topological polar surface area (TPSA) is 55.5 Å². The summed E-state index contributed by atoms with van der Waals surface area (Å²) in [5.41, 5.74) is 7.19. The third-order valence-electron chi connectivity index (χ3n) is 1.90. The van der Waals surface area contributed by atoms with Gasteiger partial charge >= 0.3 is 0 Å². The van der Waals surface area contributed by atoms with Gasteiger partial charge in [0.15, 0.2) is 11.5 Å². The Morgan fingerprint density at radius 1 is 1.50 bits per heavy atom. The van der Waals surface area contributed by atoms with Crippen LogP contribution in [-0.4, -0.2) is 12.2 Å². The average molecular weight is 167 g/mol. The Balaban J connectivity index is 3.24. The smallest absolute Gasteiger partial charge is 0.162 e. The highest BCUT2D eigenvalue weighted by molar-refractivity contribution is 5.49. The molecule has 0 amide bonds. The zero-order chi connectivity index (χ0) is 9.14. The lowest BCUT2D eigenvalue weighted by atomic mass is 10.1. The first-order valence-corrected chi connectivity index (χ1v) is 3.76. The van der Waals surface area contributed by atoms with Crippen LogP contribution in [0.1, 0.15) is 11.1 Å². The molecule has 0 unspecified atom stereocenters. The number of rotatable bonds is 2. The second-order valence-corrected chi connectivity index (χ2v) is 2.62. The molecule has 1 aromatic rings. The molecule has 0 aliphatic heterocycles. The zero-order valence-corrected chi connectivity index (χ0v) is 7.29. The van der Waals surface area contributed by atoms with Crippen molar-refractivity contribution >= 4 is 0 Å². The van der Waals surface area contributed by atoms with E-state index in [-0.39, 0.29) is 5.75 Å². The van der Waals surface area contributed by atoms with E-state index >= 15 is 0 Å². The third-order valence-corrected chi connectivity index (χ3v) is 1.90. The molecule has 0 saturated carbocycles. The predicted molar refractivity (Wildman–Crippen MR) is 47.3 cm³/mol. The fourth-order valence-corrected chi connectivity index (χ4v) is 1.14. The molecule has 0 spiro atoms. The van der Waals surface area contributed by atoms with E-state index in [2.05, 4.69) is 0 Å². The van der Waals surface area contributed by atoms with Gasteiger partial charge in [-0.05, 0) is 18.6 Å². The largest absolute Gasteiger partial charge is 0.504 e. The Morgan fingerprint density at radius 2 is 2.17 bits per heavy atom. The highest BCUT2D eigenvalue weighted by atomic mass is 16.5. The van der Waals surface area contributed by atoms with Crippen LogP contribution >= 0.6 is 0 Å². The molecular formula is C9H13NO2. The number of ether oxygens (including phenoxy) is 1. The first kappa shape index (κ1) is 8.87. The minimum absolute atomic E-state index is 0.153. The Bertz CT molecular complexity index is 284. The SMILES string of the molecule is COc1ccc(C)c(CN)c1O. The number of aryl methyl sites for hydroxylation is 1. The standard InChI is InChI=1S/C9H13NO2/c1-6-3-4-8(12-2)9(11)7(6)5-10/h3-4,11H,5,10H2,1-2H3. The van der Waals surface area contributed by atoms with Crippen LogP contribution in [0.2, 0.25) is 0 Å². The van der Waals surface area contributed by atoms with Crippen molar-refractivity contribution in [3.05, 3.63) is 23.3 Å². The van der Waals surface area contributed by atoms with Crippen molar-refractivity contribution in [1.29, 1.82) is 0 Å². The minimum atomic E-state index is 0.153. The van der Waals surface area contributed by atoms with Gasteiger partial charge in [0.05, 0.1) is 7.11 Å². The van der Waals surface area contributed by atoms with Gasteiger partial charge in [-0.25, -0.2) is 0 Å². The van der Waals surface area contributed by atoms with Crippen LogP contribution in [-0.2, 0) is 6.54 Å². The first-order valence-electron chi connectivity index (χ1n) is 3.76. The molecule has 0 heterocycles. The van der Waals surface area contributed by atoms with Gasteiger partial charge in [-0.2, -0.15) is 0 Å². The number of phenolic OH excluding ortho intramolecular Hbond substituents is 1. The van der Waals surface area contributed by atoms with Gasteiger partial charge < -0.3 is 15.6 Å². The molecule has 1 rings (SSSR count). The van der Waals surface area contributed by atoms with E-state index in [1.54, 1.807) is 6.07 Å². The van der Waals surface area contributed by atoms with Crippen molar-refractivity contribution in [2.45, 2.75) is 13.5 Å². The normalized spacial score (nSPS) is 9.92. The van der Waals surface area contributed by atoms with Crippen molar-refractivity contribution in [2.24, 2.45) is 5.73 Å². The van der Waals surface area contributed by atoms with E-state index in [0.29, 0.717) is 12.3 Å². The molecule has 0 radical (unpaired) electrons. The second kappa shape index (κ2) is 3.45. The molecule has 3 heteroatoms. The van der Waals surface area contributed by atoms with Crippen LogP contribution in [0.3, 0.4) is 0 Å². The van der Waals surface area contributed by atoms with Crippen LogP contribution in [0.5, 0.6) is 11.5 Å². The van der Waals surface area contributed by atoms with Crippen molar-refractivity contribution in [1.82, 2.24) is 0 Å². The van der Waals surface area contributed by atoms with Gasteiger partial charge in [0, 0.05) is 12.1 Å². The highest BCUT2D eigenvalue weighted by Crippen LogP contribution is 2.31. The number of hydrogen-bond donors (Lipinski definition) is 2. The molecule has 0 aromatic heterocycles. The maximum Gasteiger partial charge on any atom is 0.162 e. The summed E-state index contributed by atoms with van der Waals surface area (Å²) in [6, 6.07) is 3.60. The summed E-state index contributed by atoms with van der Waals surface area (Å²) >= 11 is 0. The lowest BCUT2D eigenvalue weighted by Crippen LogP contribution is -2.00. The van der Waals surface area contributed by atoms with Crippen LogP contribution in [0.4, 0.5) is 0 Å². The van der Waals surface area contributed by atoms with Gasteiger partial charge in [0.2, 0.25) is 0 Å². The number of nitrogens with two attached hydrogens (primary N) is 1. The summed E-state index contributed by atoms with van der Waals surface area (Å²) in [6.07, 6.45) is 0. The lowest BCUT2D eigenvalue weighted by molar-refractivity contribution is 0.370. The fourth-order valence-electron chi connectivity index (χ4n) is 1.14. The molecule has 66 valence electrons. The van der Waals surface area contributed by atoms with Crippen LogP contribution < -0.4 is 10.5 Å². The van der Waals surface area contributed by atoms with E-state index in [9.17, 15) is 5.11 Å². The van der Waals surface area contributed by atoms with Crippen LogP contribution in [0, 0.1) is 6.92 Å². The number of aromatic hydroxyl groups is 1. The summed E-state index contributed by atoms with van der Waals surface area (Å²) in [7, 11) is 1.52. The maximum atomic E-state index is 9.56. The number of benzene rings is 1. The molecule has 0 aliphatic rings. The van der Waals surface area contributed by atoms with E-state index in [0.717, 1.165) is 11.1 Å². The molecule has 0 atom stereocenters. The number of hydrogen-bond acceptors (Lipinski definition) is 3. The predicted octanol–water partition coefficient (Wildman–Crippen LogP) is 1.17. The Kier molecular flexibility index (Phi) is 2.55. The Hall–Kier alpha value is -1.22. The van der Waals surface area contributed by atoms with Gasteiger partial charge in [0.25, 0.3) is 0 Å². The summed E-state index contributed by atoms with van der Waals surface area (Å²) in [5, 5.41) is 9.56. The third kappa shape index (κ3) is 1.36. The van der Waals surface area contributed by atoms with Crippen molar-refractivity contribution < 1.29 is 9.84 Å². The minimum Gasteiger partial charge on any atom is -0.504 e.